The summed E-state index contributed by atoms with van der Waals surface area (Å²) in [7, 11) is 0. The molecule has 0 saturated carbocycles. The Morgan fingerprint density at radius 3 is 2.38 bits per heavy atom. The maximum Gasteiger partial charge on any atom is 0.255 e. The van der Waals surface area contributed by atoms with E-state index in [0.29, 0.717) is 16.9 Å². The molecule has 1 heterocycles. The van der Waals surface area contributed by atoms with Gasteiger partial charge in [-0.1, -0.05) is 29.3 Å². The van der Waals surface area contributed by atoms with Crippen LogP contribution in [0.4, 0.5) is 21.6 Å². The van der Waals surface area contributed by atoms with E-state index in [-0.39, 0.29) is 27.2 Å². The predicted molar refractivity (Wildman–Crippen MR) is 101 cm³/mol. The van der Waals surface area contributed by atoms with Crippen molar-refractivity contribution in [1.29, 1.82) is 0 Å². The standard InChI is InChI=1S/C17H10Cl3FN4O/c18-13-14(19)24-17(20)25-15(13)22-11-2-1-3-12(8-11)23-16(26)9-4-6-10(21)7-5-9/h1-8H,(H,23,26)(H,22,24,25). The number of halogens is 4. The second-order valence-corrected chi connectivity index (χ2v) is 6.19. The lowest BCUT2D eigenvalue weighted by atomic mass is 10.2. The number of nitrogens with one attached hydrogen (secondary N) is 2. The first-order valence-electron chi connectivity index (χ1n) is 7.25. The third-order valence-corrected chi connectivity index (χ3v) is 4.17. The zero-order valence-corrected chi connectivity index (χ0v) is 15.2. The zero-order chi connectivity index (χ0) is 18.7. The van der Waals surface area contributed by atoms with Crippen LogP contribution in [0.1, 0.15) is 10.4 Å². The summed E-state index contributed by atoms with van der Waals surface area (Å²) in [6.45, 7) is 0. The molecule has 0 radical (unpaired) electrons. The van der Waals surface area contributed by atoms with Crippen molar-refractivity contribution < 1.29 is 9.18 Å². The van der Waals surface area contributed by atoms with Crippen molar-refractivity contribution in [2.75, 3.05) is 10.6 Å². The number of amides is 1. The molecule has 0 fully saturated rings. The highest BCUT2D eigenvalue weighted by atomic mass is 35.5. The number of nitrogens with zero attached hydrogens (tertiary/aromatic N) is 2. The van der Waals surface area contributed by atoms with E-state index in [2.05, 4.69) is 20.6 Å². The highest BCUT2D eigenvalue weighted by Crippen LogP contribution is 2.30. The molecule has 0 saturated heterocycles. The predicted octanol–water partition coefficient (Wildman–Crippen LogP) is 5.57. The normalized spacial score (nSPS) is 10.5. The van der Waals surface area contributed by atoms with Gasteiger partial charge in [-0.3, -0.25) is 4.79 Å². The lowest BCUT2D eigenvalue weighted by Crippen LogP contribution is -2.11. The van der Waals surface area contributed by atoms with Crippen molar-refractivity contribution in [2.24, 2.45) is 0 Å². The molecular weight excluding hydrogens is 402 g/mol. The van der Waals surface area contributed by atoms with Gasteiger partial charge in [0, 0.05) is 16.9 Å². The van der Waals surface area contributed by atoms with Gasteiger partial charge in [0.2, 0.25) is 5.28 Å². The van der Waals surface area contributed by atoms with E-state index in [1.54, 1.807) is 24.3 Å². The van der Waals surface area contributed by atoms with Crippen LogP contribution in [0.15, 0.2) is 48.5 Å². The minimum Gasteiger partial charge on any atom is -0.339 e. The maximum absolute atomic E-state index is 12.9. The smallest absolute Gasteiger partial charge is 0.255 e. The molecule has 1 amide bonds. The molecule has 9 heteroatoms. The fraction of sp³-hybridized carbons (Fsp3) is 0. The third-order valence-electron chi connectivity index (χ3n) is 3.27. The Hall–Kier alpha value is -2.41. The molecule has 0 aliphatic rings. The minimum atomic E-state index is -0.410. The summed E-state index contributed by atoms with van der Waals surface area (Å²) in [4.78, 5) is 19.9. The summed E-state index contributed by atoms with van der Waals surface area (Å²) in [5.41, 5.74) is 1.45. The van der Waals surface area contributed by atoms with Gasteiger partial charge < -0.3 is 10.6 Å². The second-order valence-electron chi connectivity index (χ2n) is 5.11. The number of rotatable bonds is 4. The molecule has 0 aliphatic carbocycles. The molecule has 2 N–H and O–H groups in total. The van der Waals surface area contributed by atoms with Gasteiger partial charge in [-0.25, -0.2) is 9.37 Å². The Kier molecular flexibility index (Phi) is 5.56. The van der Waals surface area contributed by atoms with Gasteiger partial charge >= 0.3 is 0 Å². The number of carbonyl (C=O) groups excluding carboxylic acids is 1. The molecule has 0 aliphatic heterocycles. The topological polar surface area (TPSA) is 66.9 Å². The van der Waals surface area contributed by atoms with Crippen molar-refractivity contribution in [3.8, 4) is 0 Å². The van der Waals surface area contributed by atoms with E-state index in [0.717, 1.165) is 0 Å². The molecule has 0 bridgehead atoms. The van der Waals surface area contributed by atoms with E-state index >= 15 is 0 Å². The van der Waals surface area contributed by atoms with Crippen LogP contribution in [-0.4, -0.2) is 15.9 Å². The van der Waals surface area contributed by atoms with Crippen LogP contribution < -0.4 is 10.6 Å². The number of aromatic nitrogens is 2. The Morgan fingerprint density at radius 2 is 1.65 bits per heavy atom. The molecule has 5 nitrogen and oxygen atoms in total. The summed E-state index contributed by atoms with van der Waals surface area (Å²) < 4.78 is 12.9. The Balaban J connectivity index is 1.78. The average molecular weight is 412 g/mol. The summed E-state index contributed by atoms with van der Waals surface area (Å²) in [5, 5.41) is 5.78. The second kappa shape index (κ2) is 7.86. The largest absolute Gasteiger partial charge is 0.339 e. The first kappa shape index (κ1) is 18.4. The van der Waals surface area contributed by atoms with Crippen LogP contribution in [-0.2, 0) is 0 Å². The molecule has 26 heavy (non-hydrogen) atoms. The van der Waals surface area contributed by atoms with Crippen molar-refractivity contribution in [1.82, 2.24) is 9.97 Å². The number of benzene rings is 2. The Bertz CT molecular complexity index is 967. The molecule has 2 aromatic carbocycles. The number of hydrogen-bond donors (Lipinski definition) is 2. The zero-order valence-electron chi connectivity index (χ0n) is 12.9. The van der Waals surface area contributed by atoms with Crippen LogP contribution in [0.2, 0.25) is 15.5 Å². The van der Waals surface area contributed by atoms with Crippen molar-refractivity contribution in [3.05, 3.63) is 75.4 Å². The molecule has 0 spiro atoms. The van der Waals surface area contributed by atoms with Crippen molar-refractivity contribution in [2.45, 2.75) is 0 Å². The Labute approximate surface area is 163 Å². The molecule has 3 aromatic rings. The van der Waals surface area contributed by atoms with E-state index in [1.807, 2.05) is 0 Å². The lowest BCUT2D eigenvalue weighted by Gasteiger charge is -2.11. The average Bonchev–Trinajstić information content (AvgIpc) is 2.60. The highest BCUT2D eigenvalue weighted by Gasteiger charge is 2.11. The van der Waals surface area contributed by atoms with E-state index < -0.39 is 5.82 Å². The van der Waals surface area contributed by atoms with Crippen molar-refractivity contribution >= 4 is 57.9 Å². The molecule has 132 valence electrons. The molecule has 1 aromatic heterocycles. The van der Waals surface area contributed by atoms with Crippen molar-refractivity contribution in [3.63, 3.8) is 0 Å². The molecular formula is C17H10Cl3FN4O. The summed E-state index contributed by atoms with van der Waals surface area (Å²) >= 11 is 17.7. The monoisotopic (exact) mass is 410 g/mol. The van der Waals surface area contributed by atoms with Gasteiger partial charge in [-0.05, 0) is 54.1 Å². The summed E-state index contributed by atoms with van der Waals surface area (Å²) in [5.74, 6) is -0.543. The maximum atomic E-state index is 12.9. The fourth-order valence-corrected chi connectivity index (χ4v) is 2.61. The molecule has 3 rings (SSSR count). The first-order valence-corrected chi connectivity index (χ1v) is 8.38. The van der Waals surface area contributed by atoms with E-state index in [9.17, 15) is 9.18 Å². The van der Waals surface area contributed by atoms with Gasteiger partial charge in [0.05, 0.1) is 0 Å². The van der Waals surface area contributed by atoms with Gasteiger partial charge in [0.25, 0.3) is 5.91 Å². The number of hydrogen-bond acceptors (Lipinski definition) is 4. The minimum absolute atomic E-state index is 0.0231. The number of carbonyl (C=O) groups is 1. The summed E-state index contributed by atoms with van der Waals surface area (Å²) in [6.07, 6.45) is 0. The van der Waals surface area contributed by atoms with Gasteiger partial charge in [-0.2, -0.15) is 4.98 Å². The van der Waals surface area contributed by atoms with Gasteiger partial charge in [0.15, 0.2) is 11.0 Å². The van der Waals surface area contributed by atoms with Crippen LogP contribution in [0.3, 0.4) is 0 Å². The van der Waals surface area contributed by atoms with Crippen LogP contribution >= 0.6 is 34.8 Å². The fourth-order valence-electron chi connectivity index (χ4n) is 2.09. The van der Waals surface area contributed by atoms with E-state index in [4.69, 9.17) is 34.8 Å². The van der Waals surface area contributed by atoms with E-state index in [1.165, 1.54) is 24.3 Å². The summed E-state index contributed by atoms with van der Waals surface area (Å²) in [6, 6.07) is 12.1. The number of anilines is 3. The molecule has 0 atom stereocenters. The van der Waals surface area contributed by atoms with Crippen LogP contribution in [0.25, 0.3) is 0 Å². The molecule has 0 unspecified atom stereocenters. The quantitative estimate of drug-likeness (QED) is 0.435. The third kappa shape index (κ3) is 4.40. The highest BCUT2D eigenvalue weighted by molar-refractivity contribution is 6.43. The Morgan fingerprint density at radius 1 is 0.962 bits per heavy atom. The van der Waals surface area contributed by atoms with Crippen LogP contribution in [0.5, 0.6) is 0 Å². The van der Waals surface area contributed by atoms with Gasteiger partial charge in [0.1, 0.15) is 10.8 Å². The first-order chi connectivity index (χ1) is 12.4. The lowest BCUT2D eigenvalue weighted by molar-refractivity contribution is 0.102. The van der Waals surface area contributed by atoms with Crippen LogP contribution in [0, 0.1) is 5.82 Å². The van der Waals surface area contributed by atoms with Gasteiger partial charge in [-0.15, -0.1) is 0 Å². The SMILES string of the molecule is O=C(Nc1cccc(Nc2nc(Cl)nc(Cl)c2Cl)c1)c1ccc(F)cc1.